The lowest BCUT2D eigenvalue weighted by molar-refractivity contribution is -0.119. The molecule has 0 aliphatic carbocycles. The third-order valence-electron chi connectivity index (χ3n) is 2.09. The fourth-order valence-corrected chi connectivity index (χ4v) is 1.87. The molecule has 8 heteroatoms. The Labute approximate surface area is 109 Å². The Morgan fingerprint density at radius 3 is 2.37 bits per heavy atom. The first-order chi connectivity index (χ1) is 8.76. The third kappa shape index (κ3) is 6.70. The van der Waals surface area contributed by atoms with Crippen LogP contribution in [0.1, 0.15) is 12.0 Å². The molecular formula is C11H13F2NO4S. The summed E-state index contributed by atoms with van der Waals surface area (Å²) in [5.41, 5.74) is 0.713. The van der Waals surface area contributed by atoms with Gasteiger partial charge in [0.15, 0.2) is 0 Å². The van der Waals surface area contributed by atoms with Crippen molar-refractivity contribution in [3.05, 3.63) is 29.8 Å². The molecule has 5 nitrogen and oxygen atoms in total. The van der Waals surface area contributed by atoms with E-state index < -0.39 is 22.5 Å². The summed E-state index contributed by atoms with van der Waals surface area (Å²) in [5, 5.41) is 0. The molecule has 1 aromatic carbocycles. The molecule has 1 amide bonds. The van der Waals surface area contributed by atoms with Crippen molar-refractivity contribution in [3.8, 4) is 5.75 Å². The summed E-state index contributed by atoms with van der Waals surface area (Å²) in [6.45, 7) is -2.88. The number of amides is 1. The Morgan fingerprint density at radius 2 is 1.89 bits per heavy atom. The average Bonchev–Trinajstić information content (AvgIpc) is 2.25. The van der Waals surface area contributed by atoms with E-state index in [1.807, 2.05) is 4.72 Å². The number of nitrogens with one attached hydrogen (secondary N) is 1. The van der Waals surface area contributed by atoms with Crippen molar-refractivity contribution >= 4 is 15.9 Å². The summed E-state index contributed by atoms with van der Waals surface area (Å²) in [5.74, 6) is -0.588. The van der Waals surface area contributed by atoms with Gasteiger partial charge in [0, 0.05) is 6.42 Å². The lowest BCUT2D eigenvalue weighted by Crippen LogP contribution is -2.29. The van der Waals surface area contributed by atoms with Crippen molar-refractivity contribution in [3.63, 3.8) is 0 Å². The van der Waals surface area contributed by atoms with E-state index in [-0.39, 0.29) is 12.2 Å². The molecule has 0 saturated heterocycles. The van der Waals surface area contributed by atoms with Crippen molar-refractivity contribution in [2.24, 2.45) is 0 Å². The highest BCUT2D eigenvalue weighted by Gasteiger charge is 2.08. The molecule has 0 saturated carbocycles. The van der Waals surface area contributed by atoms with Gasteiger partial charge >= 0.3 is 6.61 Å². The van der Waals surface area contributed by atoms with Gasteiger partial charge in [-0.25, -0.2) is 8.42 Å². The Hall–Kier alpha value is -1.70. The van der Waals surface area contributed by atoms with Crippen LogP contribution in [0.15, 0.2) is 24.3 Å². The van der Waals surface area contributed by atoms with Crippen LogP contribution in [0.25, 0.3) is 0 Å². The molecule has 1 N–H and O–H groups in total. The SMILES string of the molecule is CS(=O)(=O)NC(=O)CCc1ccc(OC(F)F)cc1. The molecule has 19 heavy (non-hydrogen) atoms. The standard InChI is InChI=1S/C11H13F2NO4S/c1-19(16,17)14-10(15)7-4-8-2-5-9(6-3-8)18-11(12)13/h2-3,5-6,11H,4,7H2,1H3,(H,14,15). The van der Waals surface area contributed by atoms with Crippen LogP contribution in [-0.2, 0) is 21.2 Å². The average molecular weight is 293 g/mol. The summed E-state index contributed by atoms with van der Waals surface area (Å²) < 4.78 is 51.4. The van der Waals surface area contributed by atoms with E-state index in [0.717, 1.165) is 6.26 Å². The van der Waals surface area contributed by atoms with Crippen LogP contribution in [-0.4, -0.2) is 27.2 Å². The van der Waals surface area contributed by atoms with Crippen molar-refractivity contribution in [1.29, 1.82) is 0 Å². The van der Waals surface area contributed by atoms with E-state index in [4.69, 9.17) is 0 Å². The lowest BCUT2D eigenvalue weighted by Gasteiger charge is -2.06. The zero-order valence-electron chi connectivity index (χ0n) is 10.1. The minimum absolute atomic E-state index is 0.0118. The number of aryl methyl sites for hydroxylation is 1. The maximum atomic E-state index is 11.9. The number of sulfonamides is 1. The summed E-state index contributed by atoms with van der Waals surface area (Å²) in [6.07, 6.45) is 1.18. The first-order valence-electron chi connectivity index (χ1n) is 5.30. The van der Waals surface area contributed by atoms with Gasteiger partial charge in [-0.2, -0.15) is 8.78 Å². The van der Waals surface area contributed by atoms with Crippen LogP contribution in [0, 0.1) is 0 Å². The van der Waals surface area contributed by atoms with Crippen LogP contribution in [0.5, 0.6) is 5.75 Å². The summed E-state index contributed by atoms with van der Waals surface area (Å²) in [7, 11) is -3.55. The highest BCUT2D eigenvalue weighted by Crippen LogP contribution is 2.15. The summed E-state index contributed by atoms with van der Waals surface area (Å²) >= 11 is 0. The van der Waals surface area contributed by atoms with Gasteiger partial charge in [-0.1, -0.05) is 12.1 Å². The number of carbonyl (C=O) groups excluding carboxylic acids is 1. The van der Waals surface area contributed by atoms with Crippen molar-refractivity contribution in [1.82, 2.24) is 4.72 Å². The molecule has 0 aliphatic heterocycles. The van der Waals surface area contributed by atoms with Gasteiger partial charge < -0.3 is 4.74 Å². The smallest absolute Gasteiger partial charge is 0.387 e. The molecule has 106 valence electrons. The summed E-state index contributed by atoms with van der Waals surface area (Å²) in [4.78, 5) is 11.2. The molecule has 0 aliphatic rings. The van der Waals surface area contributed by atoms with Gasteiger partial charge in [-0.05, 0) is 24.1 Å². The quantitative estimate of drug-likeness (QED) is 0.858. The zero-order valence-corrected chi connectivity index (χ0v) is 10.9. The van der Waals surface area contributed by atoms with E-state index in [1.165, 1.54) is 24.3 Å². The van der Waals surface area contributed by atoms with E-state index in [0.29, 0.717) is 12.0 Å². The lowest BCUT2D eigenvalue weighted by atomic mass is 10.1. The topological polar surface area (TPSA) is 72.5 Å². The van der Waals surface area contributed by atoms with Gasteiger partial charge in [0.05, 0.1) is 6.26 Å². The molecule has 1 rings (SSSR count). The fourth-order valence-electron chi connectivity index (χ4n) is 1.35. The van der Waals surface area contributed by atoms with Gasteiger partial charge in [0.1, 0.15) is 5.75 Å². The predicted molar refractivity (Wildman–Crippen MR) is 64.4 cm³/mol. The van der Waals surface area contributed by atoms with Gasteiger partial charge in [-0.15, -0.1) is 0 Å². The first kappa shape index (κ1) is 15.4. The van der Waals surface area contributed by atoms with Crippen molar-refractivity contribution < 1.29 is 26.7 Å². The predicted octanol–water partition coefficient (Wildman–Crippen LogP) is 1.30. The minimum atomic E-state index is -3.55. The van der Waals surface area contributed by atoms with E-state index >= 15 is 0 Å². The molecule has 0 atom stereocenters. The van der Waals surface area contributed by atoms with Crippen LogP contribution in [0.4, 0.5) is 8.78 Å². The Morgan fingerprint density at radius 1 is 1.32 bits per heavy atom. The number of rotatable bonds is 6. The van der Waals surface area contributed by atoms with Crippen LogP contribution in [0.3, 0.4) is 0 Å². The molecular weight excluding hydrogens is 280 g/mol. The highest BCUT2D eigenvalue weighted by molar-refractivity contribution is 7.89. The van der Waals surface area contributed by atoms with Gasteiger partial charge in [0.2, 0.25) is 15.9 Å². The Bertz CT molecular complexity index is 528. The molecule has 0 heterocycles. The molecule has 0 aromatic heterocycles. The number of carbonyl (C=O) groups is 1. The second-order valence-electron chi connectivity index (χ2n) is 3.82. The maximum absolute atomic E-state index is 11.9. The third-order valence-corrected chi connectivity index (χ3v) is 2.69. The van der Waals surface area contributed by atoms with E-state index in [1.54, 1.807) is 0 Å². The van der Waals surface area contributed by atoms with Crippen LogP contribution in [0.2, 0.25) is 0 Å². The molecule has 0 fully saturated rings. The number of alkyl halides is 2. The van der Waals surface area contributed by atoms with Crippen LogP contribution >= 0.6 is 0 Å². The highest BCUT2D eigenvalue weighted by atomic mass is 32.2. The molecule has 1 aromatic rings. The number of benzene rings is 1. The monoisotopic (exact) mass is 293 g/mol. The Kier molecular flexibility index (Phi) is 5.22. The second-order valence-corrected chi connectivity index (χ2v) is 5.57. The fraction of sp³-hybridized carbons (Fsp3) is 0.364. The van der Waals surface area contributed by atoms with Crippen molar-refractivity contribution in [2.45, 2.75) is 19.5 Å². The molecule has 0 spiro atoms. The van der Waals surface area contributed by atoms with E-state index in [2.05, 4.69) is 4.74 Å². The van der Waals surface area contributed by atoms with Gasteiger partial charge in [0.25, 0.3) is 0 Å². The number of hydrogen-bond donors (Lipinski definition) is 1. The molecule has 0 unspecified atom stereocenters. The van der Waals surface area contributed by atoms with Gasteiger partial charge in [-0.3, -0.25) is 9.52 Å². The number of hydrogen-bond acceptors (Lipinski definition) is 4. The number of ether oxygens (including phenoxy) is 1. The minimum Gasteiger partial charge on any atom is -0.435 e. The maximum Gasteiger partial charge on any atom is 0.387 e. The normalized spacial score (nSPS) is 11.4. The zero-order chi connectivity index (χ0) is 14.5. The number of halogens is 2. The molecule has 0 radical (unpaired) electrons. The Balaban J connectivity index is 2.48. The van der Waals surface area contributed by atoms with Crippen LogP contribution < -0.4 is 9.46 Å². The first-order valence-corrected chi connectivity index (χ1v) is 7.20. The molecule has 0 bridgehead atoms. The largest absolute Gasteiger partial charge is 0.435 e. The van der Waals surface area contributed by atoms with Crippen molar-refractivity contribution in [2.75, 3.05) is 6.26 Å². The summed E-state index contributed by atoms with van der Waals surface area (Å²) in [6, 6.07) is 5.78. The second kappa shape index (κ2) is 6.46. The van der Waals surface area contributed by atoms with E-state index in [9.17, 15) is 22.0 Å².